The minimum Gasteiger partial charge on any atom is -0.475 e. The number of hydrogen-bond acceptors (Lipinski definition) is 10. The second-order valence-corrected chi connectivity index (χ2v) is 14.6. The van der Waals surface area contributed by atoms with Crippen molar-refractivity contribution in [1.29, 1.82) is 0 Å². The lowest BCUT2D eigenvalue weighted by Crippen LogP contribution is -2.44. The molecular formula is C35H36N6O6S. The van der Waals surface area contributed by atoms with Crippen molar-refractivity contribution in [3.63, 3.8) is 0 Å². The van der Waals surface area contributed by atoms with Gasteiger partial charge in [-0.15, -0.1) is 0 Å². The summed E-state index contributed by atoms with van der Waals surface area (Å²) in [6.07, 6.45) is 4.31. The number of amides is 1. The third-order valence-corrected chi connectivity index (χ3v) is 10.3. The molecule has 3 aromatic heterocycles. The second kappa shape index (κ2) is 12.3. The highest BCUT2D eigenvalue weighted by molar-refractivity contribution is 7.92. The first-order valence-corrected chi connectivity index (χ1v) is 17.2. The zero-order chi connectivity index (χ0) is 33.6. The summed E-state index contributed by atoms with van der Waals surface area (Å²) < 4.78 is 47.2. The van der Waals surface area contributed by atoms with Gasteiger partial charge in [-0.3, -0.25) is 4.79 Å². The smallest absolute Gasteiger partial charge is 0.264 e. The van der Waals surface area contributed by atoms with Crippen LogP contribution in [0, 0.1) is 19.3 Å². The molecule has 4 bridgehead atoms. The van der Waals surface area contributed by atoms with Crippen molar-refractivity contribution in [2.24, 2.45) is 5.41 Å². The Bertz CT molecular complexity index is 2120. The average Bonchev–Trinajstić information content (AvgIpc) is 3.64. The molecule has 1 saturated carbocycles. The molecule has 12 nitrogen and oxygen atoms in total. The fourth-order valence-electron chi connectivity index (χ4n) is 6.20. The lowest BCUT2D eigenvalue weighted by atomic mass is 9.97. The van der Waals surface area contributed by atoms with Gasteiger partial charge in [0.1, 0.15) is 24.5 Å². The first kappa shape index (κ1) is 31.7. The molecule has 5 aromatic rings. The maximum absolute atomic E-state index is 14.4. The van der Waals surface area contributed by atoms with Crippen LogP contribution in [-0.4, -0.2) is 58.9 Å². The fraction of sp³-hybridized carbons (Fsp3) is 0.343. The topological polar surface area (TPSA) is 150 Å². The van der Waals surface area contributed by atoms with Gasteiger partial charge in [0, 0.05) is 30.4 Å². The van der Waals surface area contributed by atoms with E-state index in [-0.39, 0.29) is 53.4 Å². The molecular weight excluding hydrogens is 632 g/mol. The van der Waals surface area contributed by atoms with E-state index in [2.05, 4.69) is 26.6 Å². The van der Waals surface area contributed by atoms with Gasteiger partial charge in [-0.25, -0.2) is 28.1 Å². The summed E-state index contributed by atoms with van der Waals surface area (Å²) in [4.78, 5) is 34.4. The quantitative estimate of drug-likeness (QED) is 0.224. The Balaban J connectivity index is 1.34. The summed E-state index contributed by atoms with van der Waals surface area (Å²) in [5, 5.41) is 0. The Morgan fingerprint density at radius 1 is 1.04 bits per heavy atom. The lowest BCUT2D eigenvalue weighted by molar-refractivity contribution is 0.0537. The number of rotatable bonds is 7. The van der Waals surface area contributed by atoms with Gasteiger partial charge in [-0.1, -0.05) is 31.2 Å². The molecule has 1 fully saturated rings. The SMILES string of the molecule is COCc1cc2nc(CN3C(=O)c4cccc(c4)S(=O)(=O)Nc4nc(cc(-c5c(C)cccc5C)n4)OC[C@H]3CC3(C)CC3)cnc2o1. The number of carbonyl (C=O) groups excluding carboxylic acids is 1. The summed E-state index contributed by atoms with van der Waals surface area (Å²) >= 11 is 0. The van der Waals surface area contributed by atoms with Gasteiger partial charge >= 0.3 is 0 Å². The van der Waals surface area contributed by atoms with E-state index in [4.69, 9.17) is 18.9 Å². The van der Waals surface area contributed by atoms with E-state index in [0.29, 0.717) is 34.8 Å². The lowest BCUT2D eigenvalue weighted by Gasteiger charge is -2.33. The number of sulfonamides is 1. The van der Waals surface area contributed by atoms with E-state index in [9.17, 15) is 13.2 Å². The van der Waals surface area contributed by atoms with Crippen molar-refractivity contribution in [3.05, 3.63) is 88.9 Å². The van der Waals surface area contributed by atoms with Crippen molar-refractivity contribution in [3.8, 4) is 17.1 Å². The molecule has 0 unspecified atom stereocenters. The minimum absolute atomic E-state index is 0.0305. The van der Waals surface area contributed by atoms with Gasteiger partial charge in [-0.2, -0.15) is 4.98 Å². The van der Waals surface area contributed by atoms with Crippen molar-refractivity contribution in [2.45, 2.75) is 64.1 Å². The van der Waals surface area contributed by atoms with Gasteiger partial charge in [0.15, 0.2) is 0 Å². The fourth-order valence-corrected chi connectivity index (χ4v) is 7.19. The third-order valence-electron chi connectivity index (χ3n) is 8.97. The number of anilines is 1. The number of fused-ring (bicyclic) bond motifs is 5. The number of benzene rings is 2. The predicted molar refractivity (Wildman–Crippen MR) is 178 cm³/mol. The summed E-state index contributed by atoms with van der Waals surface area (Å²) in [7, 11) is -2.60. The molecule has 1 aliphatic carbocycles. The van der Waals surface area contributed by atoms with Gasteiger partial charge in [0.2, 0.25) is 17.5 Å². The number of carbonyl (C=O) groups is 1. The Kier molecular flexibility index (Phi) is 8.12. The molecule has 4 heterocycles. The number of aryl methyl sites for hydroxylation is 2. The van der Waals surface area contributed by atoms with Crippen molar-refractivity contribution in [2.75, 3.05) is 18.4 Å². The molecule has 0 saturated heterocycles. The highest BCUT2D eigenvalue weighted by Gasteiger charge is 2.42. The zero-order valence-electron chi connectivity index (χ0n) is 27.2. The molecule has 0 spiro atoms. The van der Waals surface area contributed by atoms with Crippen LogP contribution in [0.2, 0.25) is 0 Å². The molecule has 2 aromatic carbocycles. The van der Waals surface area contributed by atoms with Crippen LogP contribution in [0.3, 0.4) is 0 Å². The Morgan fingerprint density at radius 3 is 2.56 bits per heavy atom. The largest absolute Gasteiger partial charge is 0.475 e. The van der Waals surface area contributed by atoms with Crippen molar-refractivity contribution < 1.29 is 27.1 Å². The van der Waals surface area contributed by atoms with Crippen LogP contribution in [0.5, 0.6) is 5.88 Å². The van der Waals surface area contributed by atoms with E-state index in [1.54, 1.807) is 42.5 Å². The molecule has 2 aliphatic rings. The Hall–Kier alpha value is -4.88. The third kappa shape index (κ3) is 6.47. The number of hydrogen-bond donors (Lipinski definition) is 1. The molecule has 48 heavy (non-hydrogen) atoms. The number of nitrogens with zero attached hydrogens (tertiary/aromatic N) is 5. The molecule has 1 N–H and O–H groups in total. The zero-order valence-corrected chi connectivity index (χ0v) is 28.0. The van der Waals surface area contributed by atoms with Gasteiger partial charge in [-0.05, 0) is 67.9 Å². The number of ether oxygens (including phenoxy) is 2. The number of furan rings is 1. The van der Waals surface area contributed by atoms with Crippen molar-refractivity contribution in [1.82, 2.24) is 24.8 Å². The molecule has 1 atom stereocenters. The van der Waals surface area contributed by atoms with Crippen LogP contribution < -0.4 is 9.46 Å². The Morgan fingerprint density at radius 2 is 1.81 bits per heavy atom. The molecule has 0 radical (unpaired) electrons. The Labute approximate surface area is 278 Å². The maximum Gasteiger partial charge on any atom is 0.264 e. The summed E-state index contributed by atoms with van der Waals surface area (Å²) in [6, 6.07) is 15.0. The first-order valence-electron chi connectivity index (χ1n) is 15.8. The monoisotopic (exact) mass is 668 g/mol. The van der Waals surface area contributed by atoms with E-state index < -0.39 is 16.1 Å². The van der Waals surface area contributed by atoms with E-state index in [1.807, 2.05) is 32.0 Å². The summed E-state index contributed by atoms with van der Waals surface area (Å²) in [5.41, 5.74) is 5.03. The molecule has 1 amide bonds. The maximum atomic E-state index is 14.4. The summed E-state index contributed by atoms with van der Waals surface area (Å²) in [5.74, 6) is 0.301. The van der Waals surface area contributed by atoms with E-state index >= 15 is 0 Å². The van der Waals surface area contributed by atoms with E-state index in [1.165, 1.54) is 12.1 Å². The van der Waals surface area contributed by atoms with Crippen LogP contribution >= 0.6 is 0 Å². The van der Waals surface area contributed by atoms with Crippen LogP contribution in [-0.2, 0) is 27.9 Å². The molecule has 1 aliphatic heterocycles. The van der Waals surface area contributed by atoms with Gasteiger partial charge < -0.3 is 18.8 Å². The molecule has 248 valence electrons. The normalized spacial score (nSPS) is 18.3. The van der Waals surface area contributed by atoms with E-state index in [0.717, 1.165) is 29.5 Å². The molecule has 13 heteroatoms. The summed E-state index contributed by atoms with van der Waals surface area (Å²) in [6.45, 7) is 6.64. The molecule has 7 rings (SSSR count). The van der Waals surface area contributed by atoms with Crippen LogP contribution in [0.4, 0.5) is 5.95 Å². The number of nitrogens with one attached hydrogen (secondary N) is 1. The highest BCUT2D eigenvalue weighted by Crippen LogP contribution is 2.49. The van der Waals surface area contributed by atoms with Crippen LogP contribution in [0.15, 0.2) is 70.1 Å². The number of aromatic nitrogens is 4. The number of methoxy groups -OCH3 is 1. The van der Waals surface area contributed by atoms with Gasteiger partial charge in [0.25, 0.3) is 15.9 Å². The minimum atomic E-state index is -4.18. The van der Waals surface area contributed by atoms with Crippen LogP contribution in [0.1, 0.15) is 59.1 Å². The standard InChI is InChI=1S/C35H36N6O6S/c1-21-7-5-8-22(2)31(21)28-15-30-39-34(38-28)40-48(43,44)27-10-6-9-23(13-27)33(42)41(25(19-46-30)16-35(3)11-12-35)18-24-17-36-32-29(37-24)14-26(47-32)20-45-4/h5-10,13-15,17,25H,11-12,16,18-20H2,1-4H3,(H,38,39,40)/t25-/m1/s1. The average molecular weight is 669 g/mol. The highest BCUT2D eigenvalue weighted by atomic mass is 32.2. The van der Waals surface area contributed by atoms with Crippen molar-refractivity contribution >= 4 is 33.1 Å². The first-order chi connectivity index (χ1) is 23.0. The van der Waals surface area contributed by atoms with Gasteiger partial charge in [0.05, 0.1) is 35.1 Å². The second-order valence-electron chi connectivity index (χ2n) is 12.9. The predicted octanol–water partition coefficient (Wildman–Crippen LogP) is 5.84. The van der Waals surface area contributed by atoms with Crippen LogP contribution in [0.25, 0.3) is 22.5 Å².